The van der Waals surface area contributed by atoms with Crippen molar-refractivity contribution in [3.63, 3.8) is 0 Å². The van der Waals surface area contributed by atoms with E-state index in [0.717, 1.165) is 28.8 Å². The molecule has 15 heavy (non-hydrogen) atoms. The summed E-state index contributed by atoms with van der Waals surface area (Å²) >= 11 is 3.55. The topological polar surface area (TPSA) is 27.1 Å². The Balaban J connectivity index is 2.74. The molecule has 1 aromatic heterocycles. The average molecular weight is 275 g/mol. The summed E-state index contributed by atoms with van der Waals surface area (Å²) in [6.07, 6.45) is 1.34. The SMILES string of the molecule is CCC(C)OCc1c(Br)c(C)nn1CC. The van der Waals surface area contributed by atoms with Crippen molar-refractivity contribution < 1.29 is 4.74 Å². The normalized spacial score (nSPS) is 13.1. The van der Waals surface area contributed by atoms with Gasteiger partial charge in [0.05, 0.1) is 28.6 Å². The molecule has 0 aliphatic carbocycles. The van der Waals surface area contributed by atoms with E-state index in [1.54, 1.807) is 0 Å². The Bertz CT molecular complexity index is 323. The van der Waals surface area contributed by atoms with Crippen molar-refractivity contribution in [2.24, 2.45) is 0 Å². The molecule has 0 spiro atoms. The van der Waals surface area contributed by atoms with Crippen LogP contribution >= 0.6 is 15.9 Å². The Hall–Kier alpha value is -0.350. The molecule has 0 saturated carbocycles. The minimum absolute atomic E-state index is 0.303. The first-order valence-corrected chi connectivity index (χ1v) is 6.22. The summed E-state index contributed by atoms with van der Waals surface area (Å²) in [7, 11) is 0. The van der Waals surface area contributed by atoms with Gasteiger partial charge in [-0.15, -0.1) is 0 Å². The predicted octanol–water partition coefficient (Wildman–Crippen LogP) is 3.29. The van der Waals surface area contributed by atoms with Crippen molar-refractivity contribution in [2.45, 2.75) is 53.4 Å². The van der Waals surface area contributed by atoms with Crippen LogP contribution in [0.15, 0.2) is 4.47 Å². The highest BCUT2D eigenvalue weighted by Gasteiger charge is 2.12. The molecule has 0 radical (unpaired) electrons. The van der Waals surface area contributed by atoms with Gasteiger partial charge in [0, 0.05) is 6.54 Å². The van der Waals surface area contributed by atoms with E-state index in [1.165, 1.54) is 0 Å². The summed E-state index contributed by atoms with van der Waals surface area (Å²) in [6.45, 7) is 9.82. The molecule has 1 rings (SSSR count). The highest BCUT2D eigenvalue weighted by atomic mass is 79.9. The zero-order chi connectivity index (χ0) is 11.4. The number of ether oxygens (including phenoxy) is 1. The van der Waals surface area contributed by atoms with Gasteiger partial charge >= 0.3 is 0 Å². The van der Waals surface area contributed by atoms with Crippen molar-refractivity contribution in [3.8, 4) is 0 Å². The first kappa shape index (κ1) is 12.7. The van der Waals surface area contributed by atoms with Crippen molar-refractivity contribution in [2.75, 3.05) is 0 Å². The average Bonchev–Trinajstić information content (AvgIpc) is 2.52. The lowest BCUT2D eigenvalue weighted by atomic mass is 10.3. The van der Waals surface area contributed by atoms with Crippen molar-refractivity contribution in [1.82, 2.24) is 9.78 Å². The lowest BCUT2D eigenvalue weighted by molar-refractivity contribution is 0.0464. The maximum atomic E-state index is 5.72. The molecule has 1 heterocycles. The maximum absolute atomic E-state index is 5.72. The van der Waals surface area contributed by atoms with E-state index in [-0.39, 0.29) is 0 Å². The van der Waals surface area contributed by atoms with Gasteiger partial charge in [-0.05, 0) is 43.1 Å². The smallest absolute Gasteiger partial charge is 0.0899 e. The van der Waals surface area contributed by atoms with Gasteiger partial charge in [0.25, 0.3) is 0 Å². The summed E-state index contributed by atoms with van der Waals surface area (Å²) in [5, 5.41) is 4.42. The quantitative estimate of drug-likeness (QED) is 0.824. The lowest BCUT2D eigenvalue weighted by Crippen LogP contribution is -2.10. The van der Waals surface area contributed by atoms with Crippen LogP contribution in [0.2, 0.25) is 0 Å². The number of aryl methyl sites for hydroxylation is 2. The number of hydrogen-bond donors (Lipinski definition) is 0. The lowest BCUT2D eigenvalue weighted by Gasteiger charge is -2.11. The fourth-order valence-corrected chi connectivity index (χ4v) is 1.74. The van der Waals surface area contributed by atoms with Gasteiger partial charge < -0.3 is 4.74 Å². The van der Waals surface area contributed by atoms with Crippen LogP contribution in [-0.2, 0) is 17.9 Å². The minimum atomic E-state index is 0.303. The molecule has 0 aromatic carbocycles. The summed E-state index contributed by atoms with van der Waals surface area (Å²) in [4.78, 5) is 0. The molecular weight excluding hydrogens is 256 g/mol. The molecule has 4 heteroatoms. The molecule has 1 unspecified atom stereocenters. The number of aromatic nitrogens is 2. The molecule has 3 nitrogen and oxygen atoms in total. The number of nitrogens with zero attached hydrogens (tertiary/aromatic N) is 2. The third-order valence-electron chi connectivity index (χ3n) is 2.53. The van der Waals surface area contributed by atoms with E-state index < -0.39 is 0 Å². The minimum Gasteiger partial charge on any atom is -0.372 e. The van der Waals surface area contributed by atoms with Crippen molar-refractivity contribution >= 4 is 15.9 Å². The Kier molecular flexibility index (Phi) is 4.80. The zero-order valence-corrected chi connectivity index (χ0v) is 11.5. The third-order valence-corrected chi connectivity index (χ3v) is 3.56. The number of rotatable bonds is 5. The predicted molar refractivity (Wildman–Crippen MR) is 64.9 cm³/mol. The van der Waals surface area contributed by atoms with E-state index in [4.69, 9.17) is 4.74 Å². The first-order chi connectivity index (χ1) is 7.10. The molecular formula is C11H19BrN2O. The molecule has 0 N–H and O–H groups in total. The highest BCUT2D eigenvalue weighted by Crippen LogP contribution is 2.22. The molecule has 0 aliphatic rings. The summed E-state index contributed by atoms with van der Waals surface area (Å²) in [5.41, 5.74) is 2.16. The van der Waals surface area contributed by atoms with Gasteiger partial charge in [0.1, 0.15) is 0 Å². The van der Waals surface area contributed by atoms with E-state index in [2.05, 4.69) is 41.8 Å². The third kappa shape index (κ3) is 3.05. The molecule has 1 atom stereocenters. The Morgan fingerprint density at radius 3 is 2.67 bits per heavy atom. The van der Waals surface area contributed by atoms with Gasteiger partial charge in [-0.2, -0.15) is 5.10 Å². The second-order valence-electron chi connectivity index (χ2n) is 3.69. The molecule has 1 aromatic rings. The number of halogens is 1. The van der Waals surface area contributed by atoms with Crippen LogP contribution in [-0.4, -0.2) is 15.9 Å². The summed E-state index contributed by atoms with van der Waals surface area (Å²) < 4.78 is 8.79. The monoisotopic (exact) mass is 274 g/mol. The van der Waals surface area contributed by atoms with E-state index in [0.29, 0.717) is 12.7 Å². The van der Waals surface area contributed by atoms with Gasteiger partial charge in [-0.3, -0.25) is 4.68 Å². The second kappa shape index (κ2) is 5.66. The molecule has 0 bridgehead atoms. The van der Waals surface area contributed by atoms with Gasteiger partial charge in [0.15, 0.2) is 0 Å². The van der Waals surface area contributed by atoms with Gasteiger partial charge in [0.2, 0.25) is 0 Å². The maximum Gasteiger partial charge on any atom is 0.0899 e. The van der Waals surface area contributed by atoms with Gasteiger partial charge in [-0.25, -0.2) is 0 Å². The first-order valence-electron chi connectivity index (χ1n) is 5.43. The van der Waals surface area contributed by atoms with E-state index in [1.807, 2.05) is 11.6 Å². The van der Waals surface area contributed by atoms with Gasteiger partial charge in [-0.1, -0.05) is 6.92 Å². The Morgan fingerprint density at radius 2 is 2.13 bits per heavy atom. The Morgan fingerprint density at radius 1 is 1.47 bits per heavy atom. The fourth-order valence-electron chi connectivity index (χ4n) is 1.35. The Labute approximate surface area is 99.9 Å². The van der Waals surface area contributed by atoms with Crippen LogP contribution in [0.1, 0.15) is 38.6 Å². The number of hydrogen-bond acceptors (Lipinski definition) is 2. The van der Waals surface area contributed by atoms with Crippen molar-refractivity contribution in [3.05, 3.63) is 15.9 Å². The molecule has 0 amide bonds. The molecule has 0 fully saturated rings. The molecule has 0 aliphatic heterocycles. The second-order valence-corrected chi connectivity index (χ2v) is 4.48. The fraction of sp³-hybridized carbons (Fsp3) is 0.727. The summed E-state index contributed by atoms with van der Waals surface area (Å²) in [5.74, 6) is 0. The van der Waals surface area contributed by atoms with E-state index in [9.17, 15) is 0 Å². The van der Waals surface area contributed by atoms with Crippen LogP contribution in [0.4, 0.5) is 0 Å². The largest absolute Gasteiger partial charge is 0.372 e. The standard InChI is InChI=1S/C11H19BrN2O/c1-5-8(3)15-7-10-11(12)9(4)13-14(10)6-2/h8H,5-7H2,1-4H3. The van der Waals surface area contributed by atoms with Crippen LogP contribution in [0.5, 0.6) is 0 Å². The van der Waals surface area contributed by atoms with Crippen molar-refractivity contribution in [1.29, 1.82) is 0 Å². The van der Waals surface area contributed by atoms with Crippen LogP contribution in [0, 0.1) is 6.92 Å². The van der Waals surface area contributed by atoms with Crippen LogP contribution in [0.3, 0.4) is 0 Å². The molecule has 0 saturated heterocycles. The summed E-state index contributed by atoms with van der Waals surface area (Å²) in [6, 6.07) is 0. The van der Waals surface area contributed by atoms with Crippen LogP contribution < -0.4 is 0 Å². The zero-order valence-electron chi connectivity index (χ0n) is 9.88. The molecule has 86 valence electrons. The van der Waals surface area contributed by atoms with E-state index >= 15 is 0 Å². The highest BCUT2D eigenvalue weighted by molar-refractivity contribution is 9.10. The van der Waals surface area contributed by atoms with Crippen LogP contribution in [0.25, 0.3) is 0 Å².